The number of nitrogens with two attached hydrogens (primary N) is 1. The third-order valence-corrected chi connectivity index (χ3v) is 2.78. The molecule has 1 aliphatic heterocycles. The SMILES string of the molecule is CCOC(=O)NCCC1N=C(N)c2ccccc2N1. The van der Waals surface area contributed by atoms with Crippen LogP contribution in [0.2, 0.25) is 0 Å². The number of amides is 1. The van der Waals surface area contributed by atoms with Gasteiger partial charge in [-0.05, 0) is 19.1 Å². The van der Waals surface area contributed by atoms with Crippen LogP contribution < -0.4 is 16.4 Å². The summed E-state index contributed by atoms with van der Waals surface area (Å²) in [5.41, 5.74) is 7.80. The first-order valence-electron chi connectivity index (χ1n) is 6.30. The highest BCUT2D eigenvalue weighted by Gasteiger charge is 2.17. The van der Waals surface area contributed by atoms with E-state index in [-0.39, 0.29) is 6.17 Å². The van der Waals surface area contributed by atoms with Gasteiger partial charge >= 0.3 is 6.09 Å². The highest BCUT2D eigenvalue weighted by molar-refractivity contribution is 6.03. The maximum atomic E-state index is 11.1. The van der Waals surface area contributed by atoms with Crippen LogP contribution in [0, 0.1) is 0 Å². The lowest BCUT2D eigenvalue weighted by Crippen LogP contribution is -2.34. The number of benzene rings is 1. The van der Waals surface area contributed by atoms with Crippen molar-refractivity contribution in [3.8, 4) is 0 Å². The summed E-state index contributed by atoms with van der Waals surface area (Å²) in [5, 5.41) is 5.93. The van der Waals surface area contributed by atoms with Crippen molar-refractivity contribution < 1.29 is 9.53 Å². The van der Waals surface area contributed by atoms with E-state index in [0.29, 0.717) is 25.4 Å². The second kappa shape index (κ2) is 6.08. The van der Waals surface area contributed by atoms with Crippen LogP contribution in [0.3, 0.4) is 0 Å². The van der Waals surface area contributed by atoms with Gasteiger partial charge in [-0.1, -0.05) is 12.1 Å². The molecule has 1 atom stereocenters. The van der Waals surface area contributed by atoms with Crippen molar-refractivity contribution >= 4 is 17.6 Å². The van der Waals surface area contributed by atoms with Crippen molar-refractivity contribution in [1.29, 1.82) is 0 Å². The average molecular weight is 262 g/mol. The minimum Gasteiger partial charge on any atom is -0.450 e. The van der Waals surface area contributed by atoms with Gasteiger partial charge in [0.2, 0.25) is 0 Å². The minimum absolute atomic E-state index is 0.128. The van der Waals surface area contributed by atoms with E-state index in [4.69, 9.17) is 10.5 Å². The Morgan fingerprint density at radius 3 is 3.11 bits per heavy atom. The van der Waals surface area contributed by atoms with Gasteiger partial charge in [-0.3, -0.25) is 0 Å². The Hall–Kier alpha value is -2.24. The van der Waals surface area contributed by atoms with Crippen LogP contribution >= 0.6 is 0 Å². The van der Waals surface area contributed by atoms with Gasteiger partial charge in [0, 0.05) is 24.2 Å². The number of carbonyl (C=O) groups excluding carboxylic acids is 1. The molecule has 4 N–H and O–H groups in total. The molecule has 1 aliphatic rings. The van der Waals surface area contributed by atoms with Crippen molar-refractivity contribution in [1.82, 2.24) is 5.32 Å². The van der Waals surface area contributed by atoms with Gasteiger partial charge in [-0.15, -0.1) is 0 Å². The molecule has 0 spiro atoms. The topological polar surface area (TPSA) is 88.7 Å². The summed E-state index contributed by atoms with van der Waals surface area (Å²) >= 11 is 0. The first-order valence-corrected chi connectivity index (χ1v) is 6.30. The molecule has 0 saturated carbocycles. The number of rotatable bonds is 4. The predicted octanol–water partition coefficient (Wildman–Crippen LogP) is 1.28. The fourth-order valence-electron chi connectivity index (χ4n) is 1.91. The molecule has 2 rings (SSSR count). The molecule has 1 amide bonds. The van der Waals surface area contributed by atoms with Gasteiger partial charge in [-0.25, -0.2) is 9.79 Å². The average Bonchev–Trinajstić information content (AvgIpc) is 2.39. The molecule has 1 aromatic rings. The highest BCUT2D eigenvalue weighted by atomic mass is 16.5. The fourth-order valence-corrected chi connectivity index (χ4v) is 1.91. The normalized spacial score (nSPS) is 16.9. The van der Waals surface area contributed by atoms with Crippen molar-refractivity contribution in [3.63, 3.8) is 0 Å². The number of nitrogens with zero attached hydrogens (tertiary/aromatic N) is 1. The maximum absolute atomic E-state index is 11.1. The number of nitrogens with one attached hydrogen (secondary N) is 2. The van der Waals surface area contributed by atoms with E-state index in [2.05, 4.69) is 15.6 Å². The predicted molar refractivity (Wildman–Crippen MR) is 74.2 cm³/mol. The molecule has 0 saturated heterocycles. The molecular weight excluding hydrogens is 244 g/mol. The van der Waals surface area contributed by atoms with Gasteiger partial charge in [0.15, 0.2) is 0 Å². The first kappa shape index (κ1) is 13.2. The standard InChI is InChI=1S/C13H18N4O2/c1-2-19-13(18)15-8-7-11-16-10-6-4-3-5-9(10)12(14)17-11/h3-6,11,16H,2,7-8H2,1H3,(H2,14,17)(H,15,18). The van der Waals surface area contributed by atoms with Gasteiger partial charge in [0.05, 0.1) is 6.61 Å². The largest absolute Gasteiger partial charge is 0.450 e. The van der Waals surface area contributed by atoms with Crippen LogP contribution in [0.4, 0.5) is 10.5 Å². The summed E-state index contributed by atoms with van der Waals surface area (Å²) < 4.78 is 4.78. The molecule has 1 aromatic carbocycles. The Labute approximate surface area is 112 Å². The summed E-state index contributed by atoms with van der Waals surface area (Å²) in [5.74, 6) is 0.524. The quantitative estimate of drug-likeness (QED) is 0.762. The Kier molecular flexibility index (Phi) is 4.22. The van der Waals surface area contributed by atoms with Crippen LogP contribution in [0.25, 0.3) is 0 Å². The number of alkyl carbamates (subject to hydrolysis) is 1. The van der Waals surface area contributed by atoms with Gasteiger partial charge in [-0.2, -0.15) is 0 Å². The summed E-state index contributed by atoms with van der Waals surface area (Å²) in [6.45, 7) is 2.62. The molecule has 0 aromatic heterocycles. The monoisotopic (exact) mass is 262 g/mol. The minimum atomic E-state index is -0.407. The van der Waals surface area contributed by atoms with Crippen molar-refractivity contribution in [2.45, 2.75) is 19.5 Å². The zero-order chi connectivity index (χ0) is 13.7. The van der Waals surface area contributed by atoms with Crippen LogP contribution in [0.1, 0.15) is 18.9 Å². The molecule has 6 heteroatoms. The molecule has 0 radical (unpaired) electrons. The molecule has 0 fully saturated rings. The van der Waals surface area contributed by atoms with E-state index in [1.54, 1.807) is 6.92 Å². The number of anilines is 1. The summed E-state index contributed by atoms with van der Waals surface area (Å²) in [6, 6.07) is 7.75. The number of amidine groups is 1. The lowest BCUT2D eigenvalue weighted by atomic mass is 10.1. The summed E-state index contributed by atoms with van der Waals surface area (Å²) in [7, 11) is 0. The third kappa shape index (κ3) is 3.37. The van der Waals surface area contributed by atoms with E-state index >= 15 is 0 Å². The molecule has 19 heavy (non-hydrogen) atoms. The number of hydrogen-bond acceptors (Lipinski definition) is 5. The number of carbonyl (C=O) groups is 1. The summed E-state index contributed by atoms with van der Waals surface area (Å²) in [6.07, 6.45) is 0.112. The molecule has 0 bridgehead atoms. The molecule has 1 heterocycles. The van der Waals surface area contributed by atoms with Crippen LogP contribution in [-0.4, -0.2) is 31.2 Å². The lowest BCUT2D eigenvalue weighted by molar-refractivity contribution is 0.152. The molecule has 102 valence electrons. The lowest BCUT2D eigenvalue weighted by Gasteiger charge is -2.23. The van der Waals surface area contributed by atoms with Crippen LogP contribution in [0.5, 0.6) is 0 Å². The number of aliphatic imine (C=N–C) groups is 1. The molecule has 0 aliphatic carbocycles. The van der Waals surface area contributed by atoms with Crippen LogP contribution in [-0.2, 0) is 4.74 Å². The molecular formula is C13H18N4O2. The Bertz CT molecular complexity index is 487. The van der Waals surface area contributed by atoms with Gasteiger partial charge in [0.25, 0.3) is 0 Å². The second-order valence-electron chi connectivity index (χ2n) is 4.16. The van der Waals surface area contributed by atoms with Crippen molar-refractivity contribution in [3.05, 3.63) is 29.8 Å². The van der Waals surface area contributed by atoms with Crippen molar-refractivity contribution in [2.24, 2.45) is 10.7 Å². The van der Waals surface area contributed by atoms with Crippen LogP contribution in [0.15, 0.2) is 29.3 Å². The second-order valence-corrected chi connectivity index (χ2v) is 4.16. The van der Waals surface area contributed by atoms with Gasteiger partial charge < -0.3 is 21.1 Å². The van der Waals surface area contributed by atoms with E-state index in [1.165, 1.54) is 0 Å². The zero-order valence-electron chi connectivity index (χ0n) is 10.8. The Morgan fingerprint density at radius 1 is 1.53 bits per heavy atom. The fraction of sp³-hybridized carbons (Fsp3) is 0.385. The van der Waals surface area contributed by atoms with Crippen molar-refractivity contribution in [2.75, 3.05) is 18.5 Å². The number of ether oxygens (including phenoxy) is 1. The Morgan fingerprint density at radius 2 is 2.32 bits per heavy atom. The first-order chi connectivity index (χ1) is 9.20. The number of para-hydroxylation sites is 1. The van der Waals surface area contributed by atoms with E-state index in [9.17, 15) is 4.79 Å². The summed E-state index contributed by atoms with van der Waals surface area (Å²) in [4.78, 5) is 15.5. The number of hydrogen-bond donors (Lipinski definition) is 3. The highest BCUT2D eigenvalue weighted by Crippen LogP contribution is 2.21. The van der Waals surface area contributed by atoms with E-state index < -0.39 is 6.09 Å². The zero-order valence-corrected chi connectivity index (χ0v) is 10.8. The van der Waals surface area contributed by atoms with E-state index in [0.717, 1.165) is 11.3 Å². The molecule has 1 unspecified atom stereocenters. The van der Waals surface area contributed by atoms with Gasteiger partial charge in [0.1, 0.15) is 12.0 Å². The van der Waals surface area contributed by atoms with E-state index in [1.807, 2.05) is 24.3 Å². The maximum Gasteiger partial charge on any atom is 0.407 e. The smallest absolute Gasteiger partial charge is 0.407 e. The number of fused-ring (bicyclic) bond motifs is 1. The molecule has 6 nitrogen and oxygen atoms in total. The third-order valence-electron chi connectivity index (χ3n) is 2.78. The Balaban J connectivity index is 1.88.